The molecule has 2 saturated heterocycles. The van der Waals surface area contributed by atoms with E-state index < -0.39 is 0 Å². The Hall–Kier alpha value is -2.41. The third-order valence-electron chi connectivity index (χ3n) is 5.08. The number of rotatable bonds is 5. The summed E-state index contributed by atoms with van der Waals surface area (Å²) in [6.45, 7) is 6.10. The van der Waals surface area contributed by atoms with Crippen molar-refractivity contribution in [1.82, 2.24) is 24.6 Å². The molecule has 2 aliphatic rings. The van der Waals surface area contributed by atoms with Crippen molar-refractivity contribution < 1.29 is 4.79 Å². The van der Waals surface area contributed by atoms with Crippen LogP contribution in [0.5, 0.6) is 0 Å². The maximum absolute atomic E-state index is 12.4. The molecule has 0 aliphatic carbocycles. The first kappa shape index (κ1) is 16.1. The Morgan fingerprint density at radius 3 is 2.60 bits per heavy atom. The van der Waals surface area contributed by atoms with Crippen molar-refractivity contribution in [2.24, 2.45) is 0 Å². The van der Waals surface area contributed by atoms with Crippen LogP contribution in [0.1, 0.15) is 12.5 Å². The Morgan fingerprint density at radius 2 is 1.92 bits per heavy atom. The Kier molecular flexibility index (Phi) is 4.65. The van der Waals surface area contributed by atoms with Gasteiger partial charge in [0.1, 0.15) is 5.82 Å². The molecule has 132 valence electrons. The maximum atomic E-state index is 12.4. The number of aromatic nitrogens is 3. The third-order valence-corrected chi connectivity index (χ3v) is 5.08. The van der Waals surface area contributed by atoms with E-state index in [-0.39, 0.29) is 5.91 Å². The van der Waals surface area contributed by atoms with Gasteiger partial charge in [-0.2, -0.15) is 5.10 Å². The van der Waals surface area contributed by atoms with E-state index in [1.54, 1.807) is 0 Å². The minimum absolute atomic E-state index is 0.267. The highest BCUT2D eigenvalue weighted by molar-refractivity contribution is 5.76. The minimum Gasteiger partial charge on any atom is -0.353 e. The number of piperazine rings is 1. The molecule has 2 aromatic rings. The molecular weight excluding hydrogens is 316 g/mol. The second-order valence-corrected chi connectivity index (χ2v) is 6.71. The van der Waals surface area contributed by atoms with E-state index in [2.05, 4.69) is 19.9 Å². The lowest BCUT2D eigenvalue weighted by atomic mass is 10.1. The number of nitrogens with zero attached hydrogens (tertiary/aromatic N) is 6. The lowest BCUT2D eigenvalue weighted by Gasteiger charge is -2.40. The molecule has 0 bridgehead atoms. The number of hydrogen-bond acceptors (Lipinski definition) is 5. The monoisotopic (exact) mass is 340 g/mol. The summed E-state index contributed by atoms with van der Waals surface area (Å²) in [4.78, 5) is 23.4. The van der Waals surface area contributed by atoms with Crippen LogP contribution >= 0.6 is 0 Å². The van der Waals surface area contributed by atoms with Crippen LogP contribution in [0.2, 0.25) is 0 Å². The molecule has 4 rings (SSSR count). The summed E-state index contributed by atoms with van der Waals surface area (Å²) in [5, 5.41) is 4.28. The SMILES string of the molecule is O=C(CCN1CC(n2cccn2)C1)N1CCN(c2ccccn2)CC1. The summed E-state index contributed by atoms with van der Waals surface area (Å²) in [7, 11) is 0. The number of pyridine rings is 1. The van der Waals surface area contributed by atoms with E-state index in [1.807, 2.05) is 52.4 Å². The van der Waals surface area contributed by atoms with E-state index in [9.17, 15) is 4.79 Å². The van der Waals surface area contributed by atoms with Crippen LogP contribution in [0.15, 0.2) is 42.9 Å². The summed E-state index contributed by atoms with van der Waals surface area (Å²) in [5.74, 6) is 1.27. The van der Waals surface area contributed by atoms with Gasteiger partial charge in [0.2, 0.25) is 5.91 Å². The average Bonchev–Trinajstić information content (AvgIpc) is 3.15. The van der Waals surface area contributed by atoms with Crippen LogP contribution in [0, 0.1) is 0 Å². The normalized spacial score (nSPS) is 19.0. The maximum Gasteiger partial charge on any atom is 0.223 e. The number of hydrogen-bond donors (Lipinski definition) is 0. The van der Waals surface area contributed by atoms with Crippen LogP contribution in [0.3, 0.4) is 0 Å². The van der Waals surface area contributed by atoms with Gasteiger partial charge < -0.3 is 9.80 Å². The summed E-state index contributed by atoms with van der Waals surface area (Å²) in [6.07, 6.45) is 6.25. The van der Waals surface area contributed by atoms with Gasteiger partial charge in [0.15, 0.2) is 0 Å². The summed E-state index contributed by atoms with van der Waals surface area (Å²) < 4.78 is 2.01. The molecule has 0 spiro atoms. The number of amides is 1. The van der Waals surface area contributed by atoms with Crippen molar-refractivity contribution >= 4 is 11.7 Å². The summed E-state index contributed by atoms with van der Waals surface area (Å²) in [5.41, 5.74) is 0. The molecule has 0 saturated carbocycles. The quantitative estimate of drug-likeness (QED) is 0.808. The van der Waals surface area contributed by atoms with E-state index >= 15 is 0 Å². The van der Waals surface area contributed by atoms with Gasteiger partial charge in [0.25, 0.3) is 0 Å². The number of carbonyl (C=O) groups excluding carboxylic acids is 1. The smallest absolute Gasteiger partial charge is 0.223 e. The molecule has 0 radical (unpaired) electrons. The Bertz CT molecular complexity index is 675. The van der Waals surface area contributed by atoms with Crippen molar-refractivity contribution in [1.29, 1.82) is 0 Å². The number of anilines is 1. The fourth-order valence-electron chi connectivity index (χ4n) is 3.53. The molecule has 7 nitrogen and oxygen atoms in total. The first-order valence-electron chi connectivity index (χ1n) is 8.95. The van der Waals surface area contributed by atoms with E-state index in [0.29, 0.717) is 12.5 Å². The molecule has 7 heteroatoms. The number of likely N-dealkylation sites (tertiary alicyclic amines) is 1. The molecule has 4 heterocycles. The molecule has 0 atom stereocenters. The molecule has 2 fully saturated rings. The first-order chi connectivity index (χ1) is 12.3. The standard InChI is InChI=1S/C18H24N6O/c25-18(5-9-21-14-16(15-21)24-8-3-7-20-24)23-12-10-22(11-13-23)17-4-1-2-6-19-17/h1-4,6-8,16H,5,9-15H2. The van der Waals surface area contributed by atoms with E-state index in [1.165, 1.54) is 0 Å². The molecule has 1 amide bonds. The predicted octanol–water partition coefficient (Wildman–Crippen LogP) is 0.874. The second-order valence-electron chi connectivity index (χ2n) is 6.71. The van der Waals surface area contributed by atoms with Gasteiger partial charge in [-0.15, -0.1) is 0 Å². The fraction of sp³-hybridized carbons (Fsp3) is 0.500. The van der Waals surface area contributed by atoms with Gasteiger partial charge in [-0.1, -0.05) is 6.07 Å². The molecule has 25 heavy (non-hydrogen) atoms. The van der Waals surface area contributed by atoms with Crippen molar-refractivity contribution in [3.63, 3.8) is 0 Å². The second kappa shape index (κ2) is 7.23. The lowest BCUT2D eigenvalue weighted by Crippen LogP contribution is -2.51. The van der Waals surface area contributed by atoms with Gasteiger partial charge in [-0.3, -0.25) is 14.4 Å². The topological polar surface area (TPSA) is 57.5 Å². The van der Waals surface area contributed by atoms with Gasteiger partial charge >= 0.3 is 0 Å². The van der Waals surface area contributed by atoms with Crippen LogP contribution in [0.25, 0.3) is 0 Å². The Balaban J connectivity index is 1.17. The zero-order valence-electron chi connectivity index (χ0n) is 14.4. The first-order valence-corrected chi connectivity index (χ1v) is 8.95. The van der Waals surface area contributed by atoms with Crippen LogP contribution in [-0.2, 0) is 4.79 Å². The van der Waals surface area contributed by atoms with Crippen molar-refractivity contribution in [3.05, 3.63) is 42.9 Å². The van der Waals surface area contributed by atoms with Gasteiger partial charge in [0, 0.05) is 70.8 Å². The zero-order valence-corrected chi connectivity index (χ0v) is 14.4. The van der Waals surface area contributed by atoms with E-state index in [0.717, 1.165) is 51.6 Å². The summed E-state index contributed by atoms with van der Waals surface area (Å²) >= 11 is 0. The molecule has 2 aliphatic heterocycles. The number of carbonyl (C=O) groups is 1. The van der Waals surface area contributed by atoms with Crippen molar-refractivity contribution in [3.8, 4) is 0 Å². The van der Waals surface area contributed by atoms with Crippen LogP contribution < -0.4 is 4.90 Å². The van der Waals surface area contributed by atoms with Gasteiger partial charge in [0.05, 0.1) is 6.04 Å². The highest BCUT2D eigenvalue weighted by atomic mass is 16.2. The van der Waals surface area contributed by atoms with Gasteiger partial charge in [-0.05, 0) is 18.2 Å². The summed E-state index contributed by atoms with van der Waals surface area (Å²) in [6, 6.07) is 8.38. The predicted molar refractivity (Wildman–Crippen MR) is 95.4 cm³/mol. The van der Waals surface area contributed by atoms with Crippen LogP contribution in [0.4, 0.5) is 5.82 Å². The molecule has 0 unspecified atom stereocenters. The van der Waals surface area contributed by atoms with Gasteiger partial charge in [-0.25, -0.2) is 4.98 Å². The third kappa shape index (κ3) is 3.66. The Labute approximate surface area is 147 Å². The molecular formula is C18H24N6O. The van der Waals surface area contributed by atoms with Crippen LogP contribution in [-0.4, -0.2) is 76.3 Å². The molecule has 2 aromatic heterocycles. The van der Waals surface area contributed by atoms with Crippen molar-refractivity contribution in [2.45, 2.75) is 12.5 Å². The zero-order chi connectivity index (χ0) is 17.1. The minimum atomic E-state index is 0.267. The lowest BCUT2D eigenvalue weighted by molar-refractivity contribution is -0.132. The fourth-order valence-corrected chi connectivity index (χ4v) is 3.53. The molecule has 0 aromatic carbocycles. The molecule has 0 N–H and O–H groups in total. The van der Waals surface area contributed by atoms with E-state index in [4.69, 9.17) is 0 Å². The Morgan fingerprint density at radius 1 is 1.08 bits per heavy atom. The van der Waals surface area contributed by atoms with Crippen molar-refractivity contribution in [2.75, 3.05) is 50.7 Å². The average molecular weight is 340 g/mol. The highest BCUT2D eigenvalue weighted by Crippen LogP contribution is 2.20. The highest BCUT2D eigenvalue weighted by Gasteiger charge is 2.29. The largest absolute Gasteiger partial charge is 0.353 e.